The van der Waals surface area contributed by atoms with Crippen LogP contribution in [-0.4, -0.2) is 29.2 Å². The summed E-state index contributed by atoms with van der Waals surface area (Å²) < 4.78 is 10.3. The van der Waals surface area contributed by atoms with Crippen LogP contribution in [0, 0.1) is 5.41 Å². The zero-order chi connectivity index (χ0) is 17.1. The first-order chi connectivity index (χ1) is 9.10. The van der Waals surface area contributed by atoms with E-state index < -0.39 is 28.8 Å². The van der Waals surface area contributed by atoms with Gasteiger partial charge in [-0.1, -0.05) is 20.8 Å². The van der Waals surface area contributed by atoms with Gasteiger partial charge in [0.25, 0.3) is 0 Å². The lowest BCUT2D eigenvalue weighted by Crippen LogP contribution is -2.42. The number of amides is 2. The molecule has 0 aromatic carbocycles. The van der Waals surface area contributed by atoms with Crippen LogP contribution in [0.15, 0.2) is 4.99 Å². The van der Waals surface area contributed by atoms with Gasteiger partial charge in [-0.05, 0) is 41.5 Å². The largest absolute Gasteiger partial charge is 0.444 e. The molecule has 0 heterocycles. The first-order valence-electron chi connectivity index (χ1n) is 6.92. The number of ether oxygens (including phenoxy) is 2. The number of amidine groups is 1. The first kappa shape index (κ1) is 19.4. The topological polar surface area (TPSA) is 77.0 Å². The van der Waals surface area contributed by atoms with Crippen molar-refractivity contribution in [2.24, 2.45) is 10.4 Å². The smallest absolute Gasteiger partial charge is 0.435 e. The molecule has 6 nitrogen and oxygen atoms in total. The van der Waals surface area contributed by atoms with Crippen LogP contribution in [0.1, 0.15) is 62.3 Å². The van der Waals surface area contributed by atoms with E-state index in [1.807, 2.05) is 20.8 Å². The standard InChI is InChI=1S/C15H28N2O4/c1-13(2,3)10(16-11(18)20-14(4,5)6)17-12(19)21-15(7,8)9/h1-9H3,(H,16,17,18,19). The van der Waals surface area contributed by atoms with Crippen molar-refractivity contribution in [2.45, 2.75) is 73.5 Å². The molecule has 0 fully saturated rings. The summed E-state index contributed by atoms with van der Waals surface area (Å²) >= 11 is 0. The van der Waals surface area contributed by atoms with Crippen molar-refractivity contribution in [2.75, 3.05) is 0 Å². The number of carbonyl (C=O) groups excluding carboxylic acids is 2. The van der Waals surface area contributed by atoms with Gasteiger partial charge in [0.15, 0.2) is 0 Å². The molecule has 2 amide bonds. The van der Waals surface area contributed by atoms with Crippen LogP contribution < -0.4 is 5.32 Å². The molecule has 0 aliphatic rings. The van der Waals surface area contributed by atoms with Gasteiger partial charge in [0.2, 0.25) is 0 Å². The van der Waals surface area contributed by atoms with Crippen molar-refractivity contribution in [3.05, 3.63) is 0 Å². The summed E-state index contributed by atoms with van der Waals surface area (Å²) in [5.74, 6) is 0.200. The first-order valence-corrected chi connectivity index (χ1v) is 6.92. The normalized spacial score (nSPS) is 13.7. The summed E-state index contributed by atoms with van der Waals surface area (Å²) in [4.78, 5) is 27.4. The second kappa shape index (κ2) is 6.45. The summed E-state index contributed by atoms with van der Waals surface area (Å²) in [6.07, 6.45) is -1.40. The number of nitrogens with zero attached hydrogens (tertiary/aromatic N) is 1. The minimum absolute atomic E-state index is 0.200. The van der Waals surface area contributed by atoms with E-state index in [0.29, 0.717) is 0 Å². The highest BCUT2D eigenvalue weighted by molar-refractivity contribution is 6.02. The minimum atomic E-state index is -0.747. The zero-order valence-corrected chi connectivity index (χ0v) is 14.6. The molecule has 0 atom stereocenters. The zero-order valence-electron chi connectivity index (χ0n) is 14.6. The summed E-state index contributed by atoms with van der Waals surface area (Å²) in [6.45, 7) is 16.0. The molecule has 21 heavy (non-hydrogen) atoms. The van der Waals surface area contributed by atoms with Gasteiger partial charge in [-0.15, -0.1) is 0 Å². The summed E-state index contributed by atoms with van der Waals surface area (Å²) in [7, 11) is 0. The van der Waals surface area contributed by atoms with Gasteiger partial charge in [-0.3, -0.25) is 5.32 Å². The van der Waals surface area contributed by atoms with Crippen LogP contribution in [0.3, 0.4) is 0 Å². The van der Waals surface area contributed by atoms with Crippen molar-refractivity contribution >= 4 is 18.0 Å². The monoisotopic (exact) mass is 300 g/mol. The Morgan fingerprint density at radius 3 is 1.57 bits per heavy atom. The molecule has 0 radical (unpaired) electrons. The van der Waals surface area contributed by atoms with E-state index in [1.54, 1.807) is 41.5 Å². The van der Waals surface area contributed by atoms with E-state index >= 15 is 0 Å². The molecule has 0 bridgehead atoms. The minimum Gasteiger partial charge on any atom is -0.444 e. The Balaban J connectivity index is 5.07. The number of hydrogen-bond acceptors (Lipinski definition) is 4. The van der Waals surface area contributed by atoms with Crippen molar-refractivity contribution in [3.63, 3.8) is 0 Å². The predicted octanol–water partition coefficient (Wildman–Crippen LogP) is 3.89. The summed E-state index contributed by atoms with van der Waals surface area (Å²) in [5.41, 5.74) is -1.80. The van der Waals surface area contributed by atoms with Crippen LogP contribution in [-0.2, 0) is 9.47 Å². The van der Waals surface area contributed by atoms with E-state index in [4.69, 9.17) is 9.47 Å². The van der Waals surface area contributed by atoms with Gasteiger partial charge >= 0.3 is 12.2 Å². The average molecular weight is 300 g/mol. The average Bonchev–Trinajstić information content (AvgIpc) is 2.07. The highest BCUT2D eigenvalue weighted by Gasteiger charge is 2.26. The van der Waals surface area contributed by atoms with E-state index in [0.717, 1.165) is 0 Å². The van der Waals surface area contributed by atoms with Gasteiger partial charge in [0, 0.05) is 5.41 Å². The Hall–Kier alpha value is -1.59. The maximum atomic E-state index is 11.8. The van der Waals surface area contributed by atoms with E-state index in [-0.39, 0.29) is 5.84 Å². The van der Waals surface area contributed by atoms with Crippen molar-refractivity contribution in [1.29, 1.82) is 0 Å². The molecule has 0 saturated carbocycles. The highest BCUT2D eigenvalue weighted by Crippen LogP contribution is 2.17. The molecule has 0 saturated heterocycles. The fraction of sp³-hybridized carbons (Fsp3) is 0.800. The molecular formula is C15H28N2O4. The van der Waals surface area contributed by atoms with E-state index in [2.05, 4.69) is 10.3 Å². The second-order valence-corrected chi connectivity index (χ2v) is 7.82. The lowest BCUT2D eigenvalue weighted by atomic mass is 9.95. The van der Waals surface area contributed by atoms with Gasteiger partial charge in [-0.2, -0.15) is 4.99 Å². The SMILES string of the molecule is CC(C)(C)OC(=O)/N=C(/NC(=O)OC(C)(C)C)C(C)(C)C. The number of nitrogens with one attached hydrogen (secondary N) is 1. The fourth-order valence-corrected chi connectivity index (χ4v) is 1.16. The van der Waals surface area contributed by atoms with Crippen molar-refractivity contribution < 1.29 is 19.1 Å². The van der Waals surface area contributed by atoms with Crippen LogP contribution >= 0.6 is 0 Å². The molecule has 0 aromatic heterocycles. The van der Waals surface area contributed by atoms with E-state index in [9.17, 15) is 9.59 Å². The van der Waals surface area contributed by atoms with Gasteiger partial charge in [-0.25, -0.2) is 9.59 Å². The molecule has 0 aliphatic carbocycles. The number of rotatable bonds is 0. The summed E-state index contributed by atoms with van der Waals surface area (Å²) in [6, 6.07) is 0. The van der Waals surface area contributed by atoms with Gasteiger partial charge < -0.3 is 9.47 Å². The number of carbonyl (C=O) groups is 2. The third-order valence-corrected chi connectivity index (χ3v) is 1.93. The maximum Gasteiger partial charge on any atom is 0.435 e. The Labute approximate surface area is 127 Å². The molecule has 122 valence electrons. The quantitative estimate of drug-likeness (QED) is 0.544. The molecule has 0 spiro atoms. The van der Waals surface area contributed by atoms with Gasteiger partial charge in [0.05, 0.1) is 0 Å². The van der Waals surface area contributed by atoms with Crippen molar-refractivity contribution in [3.8, 4) is 0 Å². The van der Waals surface area contributed by atoms with E-state index in [1.165, 1.54) is 0 Å². The van der Waals surface area contributed by atoms with Crippen LogP contribution in [0.5, 0.6) is 0 Å². The highest BCUT2D eigenvalue weighted by atomic mass is 16.6. The second-order valence-electron chi connectivity index (χ2n) is 7.82. The van der Waals surface area contributed by atoms with Crippen LogP contribution in [0.4, 0.5) is 9.59 Å². The lowest BCUT2D eigenvalue weighted by molar-refractivity contribution is 0.0557. The number of aliphatic imine (C=N–C) groups is 1. The lowest BCUT2D eigenvalue weighted by Gasteiger charge is -2.25. The summed E-state index contributed by atoms with van der Waals surface area (Å²) in [5, 5.41) is 2.52. The molecule has 1 N–H and O–H groups in total. The molecular weight excluding hydrogens is 272 g/mol. The molecule has 0 aliphatic heterocycles. The Bertz CT molecular complexity index is 420. The number of alkyl carbamates (subject to hydrolysis) is 1. The van der Waals surface area contributed by atoms with Gasteiger partial charge in [0.1, 0.15) is 17.0 Å². The fourth-order valence-electron chi connectivity index (χ4n) is 1.16. The molecule has 0 aromatic rings. The molecule has 0 unspecified atom stereocenters. The van der Waals surface area contributed by atoms with Crippen molar-refractivity contribution in [1.82, 2.24) is 5.32 Å². The Morgan fingerprint density at radius 2 is 1.24 bits per heavy atom. The maximum absolute atomic E-state index is 11.8. The van der Waals surface area contributed by atoms with Crippen LogP contribution in [0.2, 0.25) is 0 Å². The number of hydrogen-bond donors (Lipinski definition) is 1. The van der Waals surface area contributed by atoms with Crippen LogP contribution in [0.25, 0.3) is 0 Å². The predicted molar refractivity (Wildman–Crippen MR) is 82.5 cm³/mol. The Kier molecular flexibility index (Phi) is 5.96. The third kappa shape index (κ3) is 9.87. The Morgan fingerprint density at radius 1 is 0.810 bits per heavy atom. The third-order valence-electron chi connectivity index (χ3n) is 1.93. The molecule has 0 rings (SSSR count). The molecule has 6 heteroatoms.